The number of nitrogens with two attached hydrogens (primary N) is 3. The molecule has 0 saturated carbocycles. The minimum Gasteiger partial charge on any atom is -0.481 e. The summed E-state index contributed by atoms with van der Waals surface area (Å²) < 4.78 is 0. The average Bonchev–Trinajstić information content (AvgIpc) is 2.75. The van der Waals surface area contributed by atoms with E-state index < -0.39 is 85.2 Å². The molecule has 0 aromatic rings. The fourth-order valence-electron chi connectivity index (χ4n) is 2.78. The molecule has 5 atom stereocenters. The fourth-order valence-corrected chi connectivity index (χ4v) is 2.78. The molecule has 3 amide bonds. The van der Waals surface area contributed by atoms with E-state index in [0.717, 1.165) is 6.92 Å². The molecular weight excluding hydrogens is 486 g/mol. The highest BCUT2D eigenvalue weighted by atomic mass is 16.4. The third kappa shape index (κ3) is 13.0. The monoisotopic (exact) mass is 519 g/mol. The van der Waals surface area contributed by atoms with Gasteiger partial charge in [-0.25, -0.2) is 4.79 Å². The Hall–Kier alpha value is -3.99. The van der Waals surface area contributed by atoms with Crippen LogP contribution in [0.3, 0.4) is 0 Å². The summed E-state index contributed by atoms with van der Waals surface area (Å²) in [5.41, 5.74) is 15.9. The standard InChI is InChI=1S/C19H33N7O10/c1-8(27)14(26-15(32)9(20)7-13(30)31)17(34)24-10(3-2-6-23-19(21)22)16(33)25-11(18(35)36)4-5-12(28)29/h8-11,14,27H,2-7,20H2,1H3,(H,24,34)(H,25,33)(H,26,32)(H,28,29)(H,30,31)(H,35,36)(H4,21,22,23). The first kappa shape index (κ1) is 32.0. The Morgan fingerprint density at radius 1 is 0.833 bits per heavy atom. The molecule has 0 aliphatic rings. The van der Waals surface area contributed by atoms with E-state index in [0.29, 0.717) is 0 Å². The van der Waals surface area contributed by atoms with Crippen LogP contribution >= 0.6 is 0 Å². The van der Waals surface area contributed by atoms with E-state index in [9.17, 15) is 39.0 Å². The third-order valence-corrected chi connectivity index (χ3v) is 4.63. The van der Waals surface area contributed by atoms with Gasteiger partial charge in [0.2, 0.25) is 17.7 Å². The number of nitrogens with zero attached hydrogens (tertiary/aromatic N) is 1. The summed E-state index contributed by atoms with van der Waals surface area (Å²) in [5.74, 6) is -7.47. The van der Waals surface area contributed by atoms with Crippen LogP contribution in [0.2, 0.25) is 0 Å². The maximum absolute atomic E-state index is 12.8. The van der Waals surface area contributed by atoms with Gasteiger partial charge in [0.1, 0.15) is 18.1 Å². The lowest BCUT2D eigenvalue weighted by molar-refractivity contribution is -0.143. The molecule has 0 fully saturated rings. The molecule has 17 nitrogen and oxygen atoms in total. The van der Waals surface area contributed by atoms with Crippen LogP contribution in [0.1, 0.15) is 39.0 Å². The predicted molar refractivity (Wildman–Crippen MR) is 122 cm³/mol. The highest BCUT2D eigenvalue weighted by Gasteiger charge is 2.32. The van der Waals surface area contributed by atoms with E-state index in [1.165, 1.54) is 0 Å². The maximum Gasteiger partial charge on any atom is 0.326 e. The lowest BCUT2D eigenvalue weighted by atomic mass is 10.1. The van der Waals surface area contributed by atoms with Gasteiger partial charge in [-0.05, 0) is 26.2 Å². The molecule has 36 heavy (non-hydrogen) atoms. The Balaban J connectivity index is 5.60. The largest absolute Gasteiger partial charge is 0.481 e. The van der Waals surface area contributed by atoms with Crippen LogP contribution in [-0.4, -0.2) is 98.8 Å². The molecule has 0 aromatic carbocycles. The molecule has 0 aliphatic carbocycles. The van der Waals surface area contributed by atoms with Gasteiger partial charge in [0.15, 0.2) is 5.96 Å². The topological polar surface area (TPSA) is 310 Å². The molecule has 0 spiro atoms. The summed E-state index contributed by atoms with van der Waals surface area (Å²) in [5, 5.41) is 43.3. The van der Waals surface area contributed by atoms with Crippen molar-refractivity contribution in [1.29, 1.82) is 0 Å². The normalized spacial score (nSPS) is 14.8. The summed E-state index contributed by atoms with van der Waals surface area (Å²) in [7, 11) is 0. The molecule has 17 heteroatoms. The van der Waals surface area contributed by atoms with Gasteiger partial charge in [0.05, 0.1) is 18.6 Å². The van der Waals surface area contributed by atoms with Crippen molar-refractivity contribution >= 4 is 41.6 Å². The molecule has 13 N–H and O–H groups in total. The van der Waals surface area contributed by atoms with Crippen LogP contribution < -0.4 is 33.2 Å². The summed E-state index contributed by atoms with van der Waals surface area (Å²) in [6.45, 7) is 1.19. The van der Waals surface area contributed by atoms with E-state index in [1.807, 2.05) is 0 Å². The lowest BCUT2D eigenvalue weighted by Crippen LogP contribution is -2.59. The Morgan fingerprint density at radius 3 is 1.89 bits per heavy atom. The number of carbonyl (C=O) groups is 6. The number of aliphatic hydroxyl groups is 1. The summed E-state index contributed by atoms with van der Waals surface area (Å²) in [6, 6.07) is -6.15. The Morgan fingerprint density at radius 2 is 1.42 bits per heavy atom. The highest BCUT2D eigenvalue weighted by molar-refractivity contribution is 5.95. The first-order chi connectivity index (χ1) is 16.6. The molecule has 5 unspecified atom stereocenters. The Labute approximate surface area is 205 Å². The number of rotatable bonds is 17. The van der Waals surface area contributed by atoms with Crippen LogP contribution in [0.25, 0.3) is 0 Å². The summed E-state index contributed by atoms with van der Waals surface area (Å²) in [4.78, 5) is 74.3. The number of carboxylic acid groups (broad SMARTS) is 3. The first-order valence-corrected chi connectivity index (χ1v) is 10.7. The van der Waals surface area contributed by atoms with Crippen LogP contribution in [0.5, 0.6) is 0 Å². The highest BCUT2D eigenvalue weighted by Crippen LogP contribution is 2.05. The number of aliphatic imine (C=N–C) groups is 1. The van der Waals surface area contributed by atoms with Crippen molar-refractivity contribution in [2.24, 2.45) is 22.2 Å². The van der Waals surface area contributed by atoms with E-state index in [1.54, 1.807) is 0 Å². The molecule has 0 bridgehead atoms. The smallest absolute Gasteiger partial charge is 0.326 e. The van der Waals surface area contributed by atoms with E-state index in [4.69, 9.17) is 27.4 Å². The minimum absolute atomic E-state index is 0.0456. The number of carbonyl (C=O) groups excluding carboxylic acids is 3. The average molecular weight is 520 g/mol. The summed E-state index contributed by atoms with van der Waals surface area (Å²) in [6.07, 6.45) is -3.21. The van der Waals surface area contributed by atoms with Crippen molar-refractivity contribution in [3.63, 3.8) is 0 Å². The SMILES string of the molecule is CC(O)C(NC(=O)C(N)CC(=O)O)C(=O)NC(CCCN=C(N)N)C(=O)NC(CCC(=O)O)C(=O)O. The van der Waals surface area contributed by atoms with Gasteiger partial charge in [0, 0.05) is 13.0 Å². The van der Waals surface area contributed by atoms with Crippen molar-refractivity contribution in [3.05, 3.63) is 0 Å². The number of amides is 3. The van der Waals surface area contributed by atoms with Gasteiger partial charge in [0.25, 0.3) is 0 Å². The Kier molecular flexibility index (Phi) is 14.1. The van der Waals surface area contributed by atoms with Crippen molar-refractivity contribution < 1.29 is 49.2 Å². The minimum atomic E-state index is -1.65. The number of aliphatic carboxylic acids is 3. The van der Waals surface area contributed by atoms with Gasteiger partial charge in [-0.1, -0.05) is 0 Å². The fraction of sp³-hybridized carbons (Fsp3) is 0.632. The van der Waals surface area contributed by atoms with Crippen molar-refractivity contribution in [3.8, 4) is 0 Å². The molecular formula is C19H33N7O10. The van der Waals surface area contributed by atoms with Gasteiger partial charge < -0.3 is 53.6 Å². The van der Waals surface area contributed by atoms with Crippen LogP contribution in [0, 0.1) is 0 Å². The van der Waals surface area contributed by atoms with Crippen LogP contribution in [0.4, 0.5) is 0 Å². The second kappa shape index (κ2) is 15.8. The van der Waals surface area contributed by atoms with Gasteiger partial charge >= 0.3 is 17.9 Å². The molecule has 204 valence electrons. The maximum atomic E-state index is 12.8. The molecule has 0 heterocycles. The quantitative estimate of drug-likeness (QED) is 0.0493. The number of carboxylic acids is 3. The zero-order valence-corrected chi connectivity index (χ0v) is 19.5. The molecule has 0 radical (unpaired) electrons. The van der Waals surface area contributed by atoms with Crippen molar-refractivity contribution in [2.45, 2.75) is 69.3 Å². The first-order valence-electron chi connectivity index (χ1n) is 10.7. The second-order valence-corrected chi connectivity index (χ2v) is 7.77. The third-order valence-electron chi connectivity index (χ3n) is 4.63. The van der Waals surface area contributed by atoms with Crippen LogP contribution in [-0.2, 0) is 28.8 Å². The number of aliphatic hydroxyl groups excluding tert-OH is 1. The summed E-state index contributed by atoms with van der Waals surface area (Å²) >= 11 is 0. The molecule has 0 saturated heterocycles. The van der Waals surface area contributed by atoms with E-state index in [-0.39, 0.29) is 25.3 Å². The molecule has 0 rings (SSSR count). The van der Waals surface area contributed by atoms with Crippen molar-refractivity contribution in [2.75, 3.05) is 6.54 Å². The van der Waals surface area contributed by atoms with Crippen molar-refractivity contribution in [1.82, 2.24) is 16.0 Å². The molecule has 0 aromatic heterocycles. The number of guanidine groups is 1. The van der Waals surface area contributed by atoms with Gasteiger partial charge in [-0.15, -0.1) is 0 Å². The number of hydrogen-bond acceptors (Lipinski definition) is 9. The van der Waals surface area contributed by atoms with E-state index >= 15 is 0 Å². The second-order valence-electron chi connectivity index (χ2n) is 7.77. The lowest BCUT2D eigenvalue weighted by Gasteiger charge is -2.26. The zero-order chi connectivity index (χ0) is 28.0. The van der Waals surface area contributed by atoms with E-state index in [2.05, 4.69) is 20.9 Å². The number of nitrogens with one attached hydrogen (secondary N) is 3. The van der Waals surface area contributed by atoms with Gasteiger partial charge in [-0.2, -0.15) is 0 Å². The Bertz CT molecular complexity index is 844. The predicted octanol–water partition coefficient (Wildman–Crippen LogP) is -4.37. The zero-order valence-electron chi connectivity index (χ0n) is 19.5. The molecule has 0 aliphatic heterocycles. The van der Waals surface area contributed by atoms with Crippen LogP contribution in [0.15, 0.2) is 4.99 Å². The van der Waals surface area contributed by atoms with Gasteiger partial charge in [-0.3, -0.25) is 29.0 Å². The number of hydrogen-bond donors (Lipinski definition) is 10.